The summed E-state index contributed by atoms with van der Waals surface area (Å²) < 4.78 is 5.11. The van der Waals surface area contributed by atoms with E-state index in [1.165, 1.54) is 23.8 Å². The summed E-state index contributed by atoms with van der Waals surface area (Å²) in [6.45, 7) is 5.48. The van der Waals surface area contributed by atoms with Crippen molar-refractivity contribution >= 4 is 23.5 Å². The largest absolute Gasteiger partial charge is 0.465 e. The Hall–Kier alpha value is -3.79. The highest BCUT2D eigenvalue weighted by Crippen LogP contribution is 2.32. The van der Waals surface area contributed by atoms with E-state index in [2.05, 4.69) is 27.3 Å². The van der Waals surface area contributed by atoms with Crippen LogP contribution in [-0.2, 0) is 20.9 Å². The smallest absolute Gasteiger partial charge is 0.321 e. The van der Waals surface area contributed by atoms with Gasteiger partial charge in [-0.25, -0.2) is 4.99 Å². The molecule has 0 spiro atoms. The fourth-order valence-corrected chi connectivity index (χ4v) is 4.25. The predicted molar refractivity (Wildman–Crippen MR) is 125 cm³/mol. The van der Waals surface area contributed by atoms with Crippen LogP contribution in [0.3, 0.4) is 0 Å². The van der Waals surface area contributed by atoms with Crippen LogP contribution in [0.25, 0.3) is 0 Å². The zero-order valence-corrected chi connectivity index (χ0v) is 18.9. The van der Waals surface area contributed by atoms with E-state index in [0.29, 0.717) is 24.6 Å². The van der Waals surface area contributed by atoms with Crippen LogP contribution in [0.4, 0.5) is 5.69 Å². The highest BCUT2D eigenvalue weighted by Gasteiger charge is 2.42. The van der Waals surface area contributed by atoms with Gasteiger partial charge in [-0.3, -0.25) is 29.9 Å². The Morgan fingerprint density at radius 3 is 2.56 bits per heavy atom. The molecule has 0 saturated carbocycles. The van der Waals surface area contributed by atoms with Gasteiger partial charge in [-0.2, -0.15) is 0 Å². The summed E-state index contributed by atoms with van der Waals surface area (Å²) >= 11 is 0. The van der Waals surface area contributed by atoms with Gasteiger partial charge in [0.2, 0.25) is 11.9 Å². The summed E-state index contributed by atoms with van der Waals surface area (Å²) in [6.07, 6.45) is 0. The third-order valence-corrected chi connectivity index (χ3v) is 5.98. The fraction of sp³-hybridized carbons (Fsp3) is 0.375. The fourth-order valence-electron chi connectivity index (χ4n) is 4.25. The van der Waals surface area contributed by atoms with E-state index >= 15 is 0 Å². The maximum Gasteiger partial charge on any atom is 0.321 e. The van der Waals surface area contributed by atoms with Gasteiger partial charge in [0, 0.05) is 44.9 Å². The summed E-state index contributed by atoms with van der Waals surface area (Å²) in [5, 5.41) is 14.0. The summed E-state index contributed by atoms with van der Waals surface area (Å²) in [4.78, 5) is 45.4. The average Bonchev–Trinajstić information content (AvgIpc) is 2.85. The summed E-state index contributed by atoms with van der Waals surface area (Å²) in [5.74, 6) is -2.06. The van der Waals surface area contributed by atoms with Crippen molar-refractivity contribution in [2.75, 3.05) is 32.8 Å². The van der Waals surface area contributed by atoms with Crippen molar-refractivity contribution in [3.63, 3.8) is 0 Å². The van der Waals surface area contributed by atoms with Crippen LogP contribution in [0, 0.1) is 16.0 Å². The molecule has 2 heterocycles. The zero-order valence-electron chi connectivity index (χ0n) is 18.9. The van der Waals surface area contributed by atoms with Crippen LogP contribution in [0.1, 0.15) is 24.1 Å². The highest BCUT2D eigenvalue weighted by atomic mass is 16.6. The molecular formula is C24H27N5O5. The maximum absolute atomic E-state index is 13.0. The first-order valence-electron chi connectivity index (χ1n) is 11.3. The van der Waals surface area contributed by atoms with Gasteiger partial charge < -0.3 is 9.64 Å². The molecule has 2 aliphatic rings. The molecule has 1 amide bonds. The van der Waals surface area contributed by atoms with Crippen molar-refractivity contribution in [2.45, 2.75) is 19.5 Å². The number of benzene rings is 2. The number of aliphatic imine (C=N–C) groups is 1. The maximum atomic E-state index is 13.0. The number of carbonyl (C=O) groups excluding carboxylic acids is 2. The number of guanidine groups is 1. The molecule has 0 aliphatic carbocycles. The normalized spacial score (nSPS) is 20.9. The van der Waals surface area contributed by atoms with Crippen LogP contribution in [-0.4, -0.2) is 65.3 Å². The molecule has 0 radical (unpaired) electrons. The van der Waals surface area contributed by atoms with E-state index in [0.717, 1.165) is 19.6 Å². The molecule has 2 aromatic carbocycles. The van der Waals surface area contributed by atoms with E-state index in [1.54, 1.807) is 13.0 Å². The van der Waals surface area contributed by atoms with E-state index in [9.17, 15) is 19.7 Å². The standard InChI is InChI=1S/C24H27N5O5/c1-2-34-23(31)20-21(18-9-6-10-19(15-18)29(32)33)25-24(26-22(20)30)28-13-11-27(12-14-28)16-17-7-4-3-5-8-17/h3-10,15,20-21H,2,11-14,16H2,1H3,(H,25,26,30)/t20-,21+/m0/s1. The minimum absolute atomic E-state index is 0.115. The molecule has 4 rings (SSSR count). The Morgan fingerprint density at radius 1 is 1.15 bits per heavy atom. The molecule has 10 heteroatoms. The molecule has 2 aromatic rings. The third kappa shape index (κ3) is 5.23. The van der Waals surface area contributed by atoms with E-state index in [1.807, 2.05) is 23.1 Å². The van der Waals surface area contributed by atoms with E-state index in [-0.39, 0.29) is 12.3 Å². The summed E-state index contributed by atoms with van der Waals surface area (Å²) in [6, 6.07) is 15.2. The molecule has 10 nitrogen and oxygen atoms in total. The molecule has 178 valence electrons. The lowest BCUT2D eigenvalue weighted by molar-refractivity contribution is -0.384. The van der Waals surface area contributed by atoms with Crippen molar-refractivity contribution in [1.29, 1.82) is 0 Å². The van der Waals surface area contributed by atoms with E-state index < -0.39 is 28.8 Å². The Balaban J connectivity index is 1.55. The number of ether oxygens (including phenoxy) is 1. The second-order valence-electron chi connectivity index (χ2n) is 8.22. The number of amides is 1. The predicted octanol–water partition coefficient (Wildman–Crippen LogP) is 2.12. The Labute approximate surface area is 197 Å². The number of nitro groups is 1. The van der Waals surface area contributed by atoms with Crippen molar-refractivity contribution in [3.8, 4) is 0 Å². The molecule has 2 atom stereocenters. The lowest BCUT2D eigenvalue weighted by atomic mass is 9.91. The number of carbonyl (C=O) groups is 2. The van der Waals surface area contributed by atoms with Gasteiger partial charge in [0.25, 0.3) is 5.69 Å². The SMILES string of the molecule is CCOC(=O)[C@@H]1C(=O)NC(N2CCN(Cc3ccccc3)CC2)=N[C@@H]1c1cccc([N+](=O)[O-])c1. The van der Waals surface area contributed by atoms with Crippen molar-refractivity contribution in [1.82, 2.24) is 15.1 Å². The first-order chi connectivity index (χ1) is 16.5. The molecule has 0 unspecified atom stereocenters. The zero-order chi connectivity index (χ0) is 24.1. The number of non-ortho nitro benzene ring substituents is 1. The number of rotatable bonds is 6. The molecule has 0 aromatic heterocycles. The molecule has 1 saturated heterocycles. The van der Waals surface area contributed by atoms with Crippen LogP contribution in [0.2, 0.25) is 0 Å². The number of hydrogen-bond donors (Lipinski definition) is 1. The van der Waals surface area contributed by atoms with Crippen LogP contribution < -0.4 is 5.32 Å². The first kappa shape index (κ1) is 23.4. The van der Waals surface area contributed by atoms with Gasteiger partial charge in [-0.05, 0) is 18.1 Å². The summed E-state index contributed by atoms with van der Waals surface area (Å²) in [5.41, 5.74) is 1.53. The monoisotopic (exact) mass is 465 g/mol. The molecule has 0 bridgehead atoms. The Morgan fingerprint density at radius 2 is 1.88 bits per heavy atom. The molecular weight excluding hydrogens is 438 g/mol. The summed E-state index contributed by atoms with van der Waals surface area (Å²) in [7, 11) is 0. The first-order valence-corrected chi connectivity index (χ1v) is 11.3. The lowest BCUT2D eigenvalue weighted by Crippen LogP contribution is -2.57. The number of nitrogens with one attached hydrogen (secondary N) is 1. The van der Waals surface area contributed by atoms with Gasteiger partial charge in [0.1, 0.15) is 6.04 Å². The van der Waals surface area contributed by atoms with Gasteiger partial charge >= 0.3 is 5.97 Å². The van der Waals surface area contributed by atoms with Gasteiger partial charge in [-0.1, -0.05) is 42.5 Å². The van der Waals surface area contributed by atoms with Gasteiger partial charge in [0.05, 0.1) is 11.5 Å². The van der Waals surface area contributed by atoms with Crippen molar-refractivity contribution < 1.29 is 19.2 Å². The third-order valence-electron chi connectivity index (χ3n) is 5.98. The minimum atomic E-state index is -1.22. The number of piperazine rings is 1. The highest BCUT2D eigenvalue weighted by molar-refractivity contribution is 6.08. The van der Waals surface area contributed by atoms with Gasteiger partial charge in [0.15, 0.2) is 5.92 Å². The minimum Gasteiger partial charge on any atom is -0.465 e. The number of nitrogens with zero attached hydrogens (tertiary/aromatic N) is 4. The topological polar surface area (TPSA) is 117 Å². The number of hydrogen-bond acceptors (Lipinski definition) is 8. The quantitative estimate of drug-likeness (QED) is 0.301. The Bertz CT molecular complexity index is 1080. The second-order valence-corrected chi connectivity index (χ2v) is 8.22. The molecule has 2 aliphatic heterocycles. The van der Waals surface area contributed by atoms with Crippen molar-refractivity contribution in [2.24, 2.45) is 10.9 Å². The molecule has 1 N–H and O–H groups in total. The molecule has 34 heavy (non-hydrogen) atoms. The average molecular weight is 466 g/mol. The Kier molecular flexibility index (Phi) is 7.17. The number of nitro benzene ring substituents is 1. The second kappa shape index (κ2) is 10.4. The van der Waals surface area contributed by atoms with Gasteiger partial charge in [-0.15, -0.1) is 0 Å². The van der Waals surface area contributed by atoms with Crippen LogP contribution >= 0.6 is 0 Å². The van der Waals surface area contributed by atoms with Crippen LogP contribution in [0.15, 0.2) is 59.6 Å². The van der Waals surface area contributed by atoms with Crippen LogP contribution in [0.5, 0.6) is 0 Å². The van der Waals surface area contributed by atoms with Crippen molar-refractivity contribution in [3.05, 3.63) is 75.8 Å². The van der Waals surface area contributed by atoms with E-state index in [4.69, 9.17) is 4.74 Å². The lowest BCUT2D eigenvalue weighted by Gasteiger charge is -2.39. The number of esters is 1. The molecule has 1 fully saturated rings.